The number of amides is 2. The van der Waals surface area contributed by atoms with Crippen molar-refractivity contribution in [1.82, 2.24) is 10.2 Å². The van der Waals surface area contributed by atoms with Crippen molar-refractivity contribution in [1.29, 1.82) is 0 Å². The van der Waals surface area contributed by atoms with Crippen LogP contribution in [0, 0.1) is 5.92 Å². The number of nitrogens with zero attached hydrogens (tertiary/aromatic N) is 2. The molecule has 7 nitrogen and oxygen atoms in total. The van der Waals surface area contributed by atoms with Crippen LogP contribution in [0.15, 0.2) is 42.5 Å². The zero-order valence-electron chi connectivity index (χ0n) is 20.9. The topological polar surface area (TPSA) is 73.9 Å². The van der Waals surface area contributed by atoms with Crippen LogP contribution >= 0.6 is 0 Å². The number of hydrogen-bond acceptors (Lipinski definition) is 5. The lowest BCUT2D eigenvalue weighted by Crippen LogP contribution is -2.41. The second-order valence-corrected chi connectivity index (χ2v) is 9.64. The van der Waals surface area contributed by atoms with Crippen molar-refractivity contribution >= 4 is 23.2 Å². The van der Waals surface area contributed by atoms with Crippen molar-refractivity contribution in [3.63, 3.8) is 0 Å². The molecule has 2 amide bonds. The van der Waals surface area contributed by atoms with Gasteiger partial charge in [0.05, 0.1) is 24.3 Å². The van der Waals surface area contributed by atoms with Gasteiger partial charge in [0.15, 0.2) is 0 Å². The van der Waals surface area contributed by atoms with Crippen LogP contribution in [0.4, 0.5) is 24.5 Å². The van der Waals surface area contributed by atoms with E-state index in [9.17, 15) is 22.8 Å². The second-order valence-electron chi connectivity index (χ2n) is 9.64. The normalized spacial score (nSPS) is 17.5. The molecule has 37 heavy (non-hydrogen) atoms. The second kappa shape index (κ2) is 12.0. The number of rotatable bonds is 7. The van der Waals surface area contributed by atoms with Gasteiger partial charge in [-0.05, 0) is 61.2 Å². The minimum atomic E-state index is -4.47. The zero-order chi connectivity index (χ0) is 26.4. The van der Waals surface area contributed by atoms with Crippen LogP contribution in [0.2, 0.25) is 0 Å². The summed E-state index contributed by atoms with van der Waals surface area (Å²) in [6.45, 7) is 8.14. The van der Waals surface area contributed by atoms with E-state index in [2.05, 4.69) is 27.4 Å². The molecule has 10 heteroatoms. The number of benzene rings is 2. The molecule has 200 valence electrons. The summed E-state index contributed by atoms with van der Waals surface area (Å²) in [5.74, 6) is -0.149. The first-order valence-corrected chi connectivity index (χ1v) is 12.7. The molecule has 0 aliphatic carbocycles. The number of alkyl halides is 3. The van der Waals surface area contributed by atoms with E-state index in [-0.39, 0.29) is 11.5 Å². The Morgan fingerprint density at radius 1 is 0.973 bits per heavy atom. The fourth-order valence-electron chi connectivity index (χ4n) is 4.58. The van der Waals surface area contributed by atoms with E-state index in [1.54, 1.807) is 12.1 Å². The van der Waals surface area contributed by atoms with Crippen LogP contribution < -0.4 is 15.5 Å². The fraction of sp³-hybridized carbons (Fsp3) is 0.481. The van der Waals surface area contributed by atoms with Gasteiger partial charge in [-0.2, -0.15) is 13.2 Å². The highest BCUT2D eigenvalue weighted by molar-refractivity contribution is 6.06. The van der Waals surface area contributed by atoms with Crippen molar-refractivity contribution in [2.75, 3.05) is 62.7 Å². The maximum absolute atomic E-state index is 13.3. The number of piperidine rings is 1. The van der Waals surface area contributed by atoms with Crippen LogP contribution in [0.1, 0.15) is 46.0 Å². The molecule has 0 atom stereocenters. The molecule has 0 saturated carbocycles. The Balaban J connectivity index is 1.48. The molecule has 0 radical (unpaired) electrons. The summed E-state index contributed by atoms with van der Waals surface area (Å²) >= 11 is 0. The van der Waals surface area contributed by atoms with Crippen LogP contribution in [0.3, 0.4) is 0 Å². The van der Waals surface area contributed by atoms with E-state index in [1.807, 2.05) is 6.07 Å². The highest BCUT2D eigenvalue weighted by Gasteiger charge is 2.30. The minimum Gasteiger partial charge on any atom is -0.379 e. The molecule has 0 unspecified atom stereocenters. The third kappa shape index (κ3) is 7.23. The van der Waals surface area contributed by atoms with Crippen LogP contribution in [0.5, 0.6) is 0 Å². The summed E-state index contributed by atoms with van der Waals surface area (Å²) in [6.07, 6.45) is -2.41. The Hall–Kier alpha value is -3.11. The average Bonchev–Trinajstić information content (AvgIpc) is 2.89. The van der Waals surface area contributed by atoms with E-state index in [4.69, 9.17) is 4.74 Å². The monoisotopic (exact) mass is 518 g/mol. The van der Waals surface area contributed by atoms with Gasteiger partial charge >= 0.3 is 6.18 Å². The Labute approximate surface area is 215 Å². The first kappa shape index (κ1) is 26.9. The number of carbonyl (C=O) groups excluding carboxylic acids is 2. The lowest BCUT2D eigenvalue weighted by Gasteiger charge is -2.33. The molecular weight excluding hydrogens is 485 g/mol. The summed E-state index contributed by atoms with van der Waals surface area (Å²) in [5.41, 5.74) is 0.946. The number of hydrogen-bond donors (Lipinski definition) is 2. The van der Waals surface area contributed by atoms with E-state index < -0.39 is 17.6 Å². The van der Waals surface area contributed by atoms with Gasteiger partial charge in [0.25, 0.3) is 11.8 Å². The van der Waals surface area contributed by atoms with E-state index >= 15 is 0 Å². The van der Waals surface area contributed by atoms with Crippen molar-refractivity contribution in [2.45, 2.75) is 25.9 Å². The van der Waals surface area contributed by atoms with Gasteiger partial charge < -0.3 is 20.3 Å². The first-order valence-electron chi connectivity index (χ1n) is 12.7. The summed E-state index contributed by atoms with van der Waals surface area (Å²) in [4.78, 5) is 30.4. The standard InChI is InChI=1S/C27H33F3N4O3/c1-19-8-11-34(12-9-19)24-7-6-22(32-25(35)20-2-4-21(5-3-20)27(28,29)30)18-23(24)26(36)31-10-13-33-14-16-37-17-15-33/h2-7,18-19H,8-17H2,1H3,(H,31,36)(H,32,35). The highest BCUT2D eigenvalue weighted by atomic mass is 19.4. The molecule has 4 rings (SSSR count). The van der Waals surface area contributed by atoms with E-state index in [1.165, 1.54) is 0 Å². The molecule has 0 spiro atoms. The number of carbonyl (C=O) groups is 2. The molecule has 2 aromatic carbocycles. The van der Waals surface area contributed by atoms with E-state index in [0.717, 1.165) is 75.5 Å². The molecule has 2 saturated heterocycles. The smallest absolute Gasteiger partial charge is 0.379 e. The number of anilines is 2. The van der Waals surface area contributed by atoms with E-state index in [0.29, 0.717) is 36.9 Å². The van der Waals surface area contributed by atoms with Gasteiger partial charge in [0.2, 0.25) is 0 Å². The van der Waals surface area contributed by atoms with Gasteiger partial charge in [-0.25, -0.2) is 0 Å². The molecular formula is C27H33F3N4O3. The van der Waals surface area contributed by atoms with Crippen molar-refractivity contribution in [3.8, 4) is 0 Å². The predicted molar refractivity (Wildman–Crippen MR) is 136 cm³/mol. The molecule has 2 fully saturated rings. The number of morpholine rings is 1. The van der Waals surface area contributed by atoms with Crippen LogP contribution in [0.25, 0.3) is 0 Å². The number of ether oxygens (including phenoxy) is 1. The van der Waals surface area contributed by atoms with Gasteiger partial charge in [0.1, 0.15) is 0 Å². The minimum absolute atomic E-state index is 0.0959. The van der Waals surface area contributed by atoms with Crippen molar-refractivity contribution in [3.05, 3.63) is 59.2 Å². The molecule has 0 aromatic heterocycles. The predicted octanol–water partition coefficient (Wildman–Crippen LogP) is 4.26. The van der Waals surface area contributed by atoms with Crippen LogP contribution in [-0.2, 0) is 10.9 Å². The van der Waals surface area contributed by atoms with Gasteiger partial charge in [0, 0.05) is 56.2 Å². The lowest BCUT2D eigenvalue weighted by atomic mass is 9.97. The molecule has 2 N–H and O–H groups in total. The first-order chi connectivity index (χ1) is 17.7. The summed E-state index contributed by atoms with van der Waals surface area (Å²) in [6, 6.07) is 9.22. The summed E-state index contributed by atoms with van der Waals surface area (Å²) in [7, 11) is 0. The van der Waals surface area contributed by atoms with Gasteiger partial charge in [-0.1, -0.05) is 6.92 Å². The maximum atomic E-state index is 13.3. The Morgan fingerprint density at radius 3 is 2.30 bits per heavy atom. The Bertz CT molecular complexity index is 1080. The highest BCUT2D eigenvalue weighted by Crippen LogP contribution is 2.30. The Kier molecular flexibility index (Phi) is 8.71. The quantitative estimate of drug-likeness (QED) is 0.573. The average molecular weight is 519 g/mol. The SMILES string of the molecule is CC1CCN(c2ccc(NC(=O)c3ccc(C(F)(F)F)cc3)cc2C(=O)NCCN2CCOCC2)CC1. The third-order valence-corrected chi connectivity index (χ3v) is 6.92. The van der Waals surface area contributed by atoms with Crippen molar-refractivity contribution in [2.24, 2.45) is 5.92 Å². The lowest BCUT2D eigenvalue weighted by molar-refractivity contribution is -0.137. The molecule has 0 bridgehead atoms. The third-order valence-electron chi connectivity index (χ3n) is 6.92. The molecule has 2 aliphatic heterocycles. The van der Waals surface area contributed by atoms with Gasteiger partial charge in [-0.3, -0.25) is 14.5 Å². The van der Waals surface area contributed by atoms with Crippen molar-refractivity contribution < 1.29 is 27.5 Å². The van der Waals surface area contributed by atoms with Crippen LogP contribution in [-0.4, -0.2) is 69.2 Å². The summed E-state index contributed by atoms with van der Waals surface area (Å²) < 4.78 is 43.9. The molecule has 2 heterocycles. The maximum Gasteiger partial charge on any atom is 0.416 e. The van der Waals surface area contributed by atoms with Gasteiger partial charge in [-0.15, -0.1) is 0 Å². The molecule has 2 aliphatic rings. The number of halogens is 3. The summed E-state index contributed by atoms with van der Waals surface area (Å²) in [5, 5.41) is 5.72. The Morgan fingerprint density at radius 2 is 1.65 bits per heavy atom. The largest absolute Gasteiger partial charge is 0.416 e. The molecule has 2 aromatic rings. The zero-order valence-corrected chi connectivity index (χ0v) is 20.9. The number of nitrogens with one attached hydrogen (secondary N) is 2. The fourth-order valence-corrected chi connectivity index (χ4v) is 4.58.